The lowest BCUT2D eigenvalue weighted by Gasteiger charge is -2.56. The summed E-state index contributed by atoms with van der Waals surface area (Å²) < 4.78 is 24.2. The van der Waals surface area contributed by atoms with Gasteiger partial charge in [0.25, 0.3) is 0 Å². The first-order valence-electron chi connectivity index (χ1n) is 10.3. The van der Waals surface area contributed by atoms with Gasteiger partial charge in [-0.1, -0.05) is 18.2 Å². The lowest BCUT2D eigenvalue weighted by atomic mass is 9.56. The molecule has 1 aliphatic heterocycles. The molecule has 1 atom stereocenters. The Bertz CT molecular complexity index is 858. The van der Waals surface area contributed by atoms with Gasteiger partial charge in [0.05, 0.1) is 17.5 Å². The van der Waals surface area contributed by atoms with E-state index in [2.05, 4.69) is 0 Å². The highest BCUT2D eigenvalue weighted by Crippen LogP contribution is 2.60. The first kappa shape index (κ1) is 18.7. The number of anilines is 1. The monoisotopic (exact) mass is 417 g/mol. The lowest BCUT2D eigenvalue weighted by Crippen LogP contribution is -2.49. The Morgan fingerprint density at radius 3 is 2.18 bits per heavy atom. The largest absolute Gasteiger partial charge is 0.304 e. The predicted molar refractivity (Wildman–Crippen MR) is 114 cm³/mol. The number of hydrogen-bond acceptors (Lipinski definition) is 4. The zero-order valence-corrected chi connectivity index (χ0v) is 17.6. The zero-order chi connectivity index (χ0) is 19.4. The third-order valence-electron chi connectivity index (χ3n) is 7.03. The maximum absolute atomic E-state index is 13.3. The Balaban J connectivity index is 1.33. The van der Waals surface area contributed by atoms with E-state index in [1.54, 1.807) is 11.0 Å². The van der Waals surface area contributed by atoms with Crippen LogP contribution in [0.25, 0.3) is 0 Å². The van der Waals surface area contributed by atoms with Crippen LogP contribution in [0, 0.1) is 17.8 Å². The van der Waals surface area contributed by atoms with Crippen molar-refractivity contribution in [3.8, 4) is 0 Å². The van der Waals surface area contributed by atoms with Gasteiger partial charge in [0, 0.05) is 15.8 Å². The van der Waals surface area contributed by atoms with Crippen molar-refractivity contribution in [3.05, 3.63) is 41.8 Å². The summed E-state index contributed by atoms with van der Waals surface area (Å²) in [7, 11) is -3.22. The average Bonchev–Trinajstić information content (AvgIpc) is 2.99. The summed E-state index contributed by atoms with van der Waals surface area (Å²) in [5.41, 5.74) is 0.783. The number of rotatable bonds is 5. The average molecular weight is 418 g/mol. The fourth-order valence-electron chi connectivity index (χ4n) is 6.32. The van der Waals surface area contributed by atoms with Gasteiger partial charge in [-0.25, -0.2) is 8.42 Å². The highest BCUT2D eigenvalue weighted by atomic mass is 32.2. The van der Waals surface area contributed by atoms with Crippen LogP contribution in [0.1, 0.15) is 38.5 Å². The maximum atomic E-state index is 13.3. The molecule has 0 saturated heterocycles. The molecule has 1 heterocycles. The van der Waals surface area contributed by atoms with Crippen molar-refractivity contribution in [2.24, 2.45) is 17.8 Å². The fraction of sp³-hybridized carbons (Fsp3) is 0.591. The van der Waals surface area contributed by atoms with E-state index in [0.717, 1.165) is 23.4 Å². The van der Waals surface area contributed by atoms with Crippen LogP contribution in [0.5, 0.6) is 0 Å². The Hall–Kier alpha value is -1.27. The summed E-state index contributed by atoms with van der Waals surface area (Å²) in [6.07, 6.45) is 9.65. The van der Waals surface area contributed by atoms with Crippen LogP contribution in [-0.2, 0) is 14.6 Å². The number of para-hydroxylation sites is 1. The molecule has 6 rings (SSSR count). The van der Waals surface area contributed by atoms with E-state index in [1.165, 1.54) is 43.9 Å². The summed E-state index contributed by atoms with van der Waals surface area (Å²) in [5.74, 6) is 3.03. The third-order valence-corrected chi connectivity index (χ3v) is 9.91. The molecule has 4 fully saturated rings. The van der Waals surface area contributed by atoms with Crippen molar-refractivity contribution in [2.45, 2.75) is 49.3 Å². The number of carbonyl (C=O) groups excluding carboxylic acids is 1. The van der Waals surface area contributed by atoms with Gasteiger partial charge < -0.3 is 4.90 Å². The number of benzene rings is 1. The Morgan fingerprint density at radius 2 is 1.64 bits per heavy atom. The third kappa shape index (κ3) is 3.54. The second-order valence-electron chi connectivity index (χ2n) is 9.21. The van der Waals surface area contributed by atoms with E-state index in [9.17, 15) is 13.2 Å². The van der Waals surface area contributed by atoms with Crippen molar-refractivity contribution < 1.29 is 13.2 Å². The fourth-order valence-corrected chi connectivity index (χ4v) is 9.22. The molecule has 0 N–H and O–H groups in total. The van der Waals surface area contributed by atoms with Crippen molar-refractivity contribution in [3.63, 3.8) is 0 Å². The summed E-state index contributed by atoms with van der Waals surface area (Å²) in [5, 5.41) is 1.26. The van der Waals surface area contributed by atoms with Gasteiger partial charge in [0.15, 0.2) is 9.84 Å². The van der Waals surface area contributed by atoms with Crippen molar-refractivity contribution >= 4 is 33.2 Å². The lowest BCUT2D eigenvalue weighted by molar-refractivity contribution is -0.116. The molecule has 6 heteroatoms. The Labute approximate surface area is 171 Å². The van der Waals surface area contributed by atoms with E-state index in [1.807, 2.05) is 42.1 Å². The van der Waals surface area contributed by atoms with Crippen LogP contribution >= 0.6 is 11.8 Å². The second-order valence-corrected chi connectivity index (χ2v) is 12.6. The molecule has 0 radical (unpaired) electrons. The number of amides is 1. The smallest absolute Gasteiger partial charge is 0.237 e. The molecule has 4 nitrogen and oxygen atoms in total. The van der Waals surface area contributed by atoms with E-state index in [4.69, 9.17) is 0 Å². The summed E-state index contributed by atoms with van der Waals surface area (Å²) >= 11 is 1.86. The molecular formula is C22H27NO3S2. The number of carbonyl (C=O) groups is 1. The van der Waals surface area contributed by atoms with Crippen molar-refractivity contribution in [1.29, 1.82) is 0 Å². The molecule has 1 aromatic carbocycles. The standard InChI is InChI=1S/C22H27NO3S2/c24-21(14-27-22-11-16-8-17(12-22)10-18(9-16)13-22)23(19-4-2-1-3-5-19)20-6-7-28(25,26)15-20/h1-7,16-18,20H,8-15H2/t16?,17?,18?,20-,22?/m0/s1. The van der Waals surface area contributed by atoms with Crippen molar-refractivity contribution in [2.75, 3.05) is 16.4 Å². The molecule has 1 aromatic rings. The molecule has 0 aromatic heterocycles. The van der Waals surface area contributed by atoms with E-state index < -0.39 is 15.9 Å². The summed E-state index contributed by atoms with van der Waals surface area (Å²) in [4.78, 5) is 15.0. The van der Waals surface area contributed by atoms with Crippen LogP contribution in [0.2, 0.25) is 0 Å². The van der Waals surface area contributed by atoms with E-state index in [0.29, 0.717) is 5.75 Å². The van der Waals surface area contributed by atoms with E-state index in [-0.39, 0.29) is 16.4 Å². The first-order chi connectivity index (χ1) is 13.4. The van der Waals surface area contributed by atoms with E-state index >= 15 is 0 Å². The zero-order valence-electron chi connectivity index (χ0n) is 16.0. The Kier molecular flexibility index (Phi) is 4.62. The minimum Gasteiger partial charge on any atom is -0.304 e. The van der Waals surface area contributed by atoms with Crippen LogP contribution in [0.3, 0.4) is 0 Å². The highest BCUT2D eigenvalue weighted by molar-refractivity contribution is 8.01. The van der Waals surface area contributed by atoms with Gasteiger partial charge in [-0.15, -0.1) is 11.8 Å². The van der Waals surface area contributed by atoms with Gasteiger partial charge in [-0.2, -0.15) is 0 Å². The molecular weight excluding hydrogens is 390 g/mol. The summed E-state index contributed by atoms with van der Waals surface area (Å²) in [6.45, 7) is 0. The molecule has 1 amide bonds. The van der Waals surface area contributed by atoms with Crippen LogP contribution < -0.4 is 4.90 Å². The predicted octanol–water partition coefficient (Wildman–Crippen LogP) is 4.03. The summed E-state index contributed by atoms with van der Waals surface area (Å²) in [6, 6.07) is 9.09. The maximum Gasteiger partial charge on any atom is 0.237 e. The van der Waals surface area contributed by atoms with Gasteiger partial charge in [-0.05, 0) is 74.5 Å². The number of thioether (sulfide) groups is 1. The molecule has 28 heavy (non-hydrogen) atoms. The number of sulfone groups is 1. The normalized spacial score (nSPS) is 37.3. The van der Waals surface area contributed by atoms with Crippen LogP contribution in [-0.4, -0.2) is 36.6 Å². The molecule has 5 aliphatic rings. The first-order valence-corrected chi connectivity index (χ1v) is 13.0. The quantitative estimate of drug-likeness (QED) is 0.726. The van der Waals surface area contributed by atoms with Gasteiger partial charge >= 0.3 is 0 Å². The molecule has 0 spiro atoms. The topological polar surface area (TPSA) is 54.5 Å². The van der Waals surface area contributed by atoms with Crippen LogP contribution in [0.4, 0.5) is 5.69 Å². The van der Waals surface area contributed by atoms with Crippen molar-refractivity contribution in [1.82, 2.24) is 0 Å². The van der Waals surface area contributed by atoms with Gasteiger partial charge in [0.1, 0.15) is 0 Å². The van der Waals surface area contributed by atoms with Gasteiger partial charge in [0.2, 0.25) is 5.91 Å². The highest BCUT2D eigenvalue weighted by Gasteiger charge is 2.51. The van der Waals surface area contributed by atoms with Crippen LogP contribution in [0.15, 0.2) is 41.8 Å². The second kappa shape index (κ2) is 6.91. The van der Waals surface area contributed by atoms with Gasteiger partial charge in [-0.3, -0.25) is 4.79 Å². The molecule has 150 valence electrons. The Morgan fingerprint density at radius 1 is 1.04 bits per heavy atom. The minimum absolute atomic E-state index is 0.0182. The number of hydrogen-bond donors (Lipinski definition) is 0. The molecule has 4 bridgehead atoms. The SMILES string of the molecule is O=C(CSC12CC3CC(CC(C3)C1)C2)N(c1ccccc1)[C@H]1C=CS(=O)(=O)C1. The minimum atomic E-state index is -3.22. The number of nitrogens with zero attached hydrogens (tertiary/aromatic N) is 1. The molecule has 0 unspecified atom stereocenters. The molecule has 4 saturated carbocycles. The molecule has 4 aliphatic carbocycles.